The van der Waals surface area contributed by atoms with Crippen molar-refractivity contribution < 1.29 is 17.9 Å². The number of hydrogen-bond acceptors (Lipinski definition) is 5. The van der Waals surface area contributed by atoms with Crippen LogP contribution in [0.2, 0.25) is 0 Å². The first kappa shape index (κ1) is 20.7. The SMILES string of the molecule is CCOc1ccncc1NS(=O)(=O)c1ccccc1C(=O)NC(C)C(C)C. The minimum atomic E-state index is -4.02. The van der Waals surface area contributed by atoms with Crippen LogP contribution >= 0.6 is 0 Å². The molecule has 2 N–H and O–H groups in total. The fourth-order valence-electron chi connectivity index (χ4n) is 2.28. The number of sulfonamides is 1. The van der Waals surface area contributed by atoms with Crippen molar-refractivity contribution in [1.82, 2.24) is 10.3 Å². The van der Waals surface area contributed by atoms with E-state index in [4.69, 9.17) is 4.74 Å². The molecule has 1 heterocycles. The Hall–Kier alpha value is -2.61. The summed E-state index contributed by atoms with van der Waals surface area (Å²) in [6.07, 6.45) is 2.88. The van der Waals surface area contributed by atoms with Crippen molar-refractivity contribution in [3.63, 3.8) is 0 Å². The summed E-state index contributed by atoms with van der Waals surface area (Å²) in [5.41, 5.74) is 0.296. The molecule has 1 amide bonds. The summed E-state index contributed by atoms with van der Waals surface area (Å²) in [5, 5.41) is 2.84. The van der Waals surface area contributed by atoms with Crippen LogP contribution in [0.1, 0.15) is 38.1 Å². The number of hydrogen-bond donors (Lipinski definition) is 2. The average Bonchev–Trinajstić information content (AvgIpc) is 2.63. The number of benzene rings is 1. The standard InChI is InChI=1S/C19H25N3O4S/c1-5-26-17-10-11-20-12-16(17)22-27(24,25)18-9-7-6-8-15(18)19(23)21-14(4)13(2)3/h6-14,22H,5H2,1-4H3,(H,21,23). The summed E-state index contributed by atoms with van der Waals surface area (Å²) in [7, 11) is -4.02. The lowest BCUT2D eigenvalue weighted by molar-refractivity contribution is 0.0927. The van der Waals surface area contributed by atoms with Crippen LogP contribution in [-0.2, 0) is 10.0 Å². The van der Waals surface area contributed by atoms with Crippen molar-refractivity contribution in [2.75, 3.05) is 11.3 Å². The number of carbonyl (C=O) groups excluding carboxylic acids is 1. The Bertz CT molecular complexity index is 897. The fraction of sp³-hybridized carbons (Fsp3) is 0.368. The summed E-state index contributed by atoms with van der Waals surface area (Å²) in [6, 6.07) is 7.57. The Morgan fingerprint density at radius 3 is 2.56 bits per heavy atom. The van der Waals surface area contributed by atoms with Crippen LogP contribution in [0.25, 0.3) is 0 Å². The van der Waals surface area contributed by atoms with E-state index in [9.17, 15) is 13.2 Å². The maximum Gasteiger partial charge on any atom is 0.262 e. The summed E-state index contributed by atoms with van der Waals surface area (Å²) >= 11 is 0. The third kappa shape index (κ3) is 5.19. The van der Waals surface area contributed by atoms with Crippen molar-refractivity contribution in [3.05, 3.63) is 48.3 Å². The summed E-state index contributed by atoms with van der Waals surface area (Å²) in [6.45, 7) is 8.01. The molecule has 0 radical (unpaired) electrons. The van der Waals surface area contributed by atoms with Gasteiger partial charge in [0.15, 0.2) is 0 Å². The van der Waals surface area contributed by atoms with Gasteiger partial charge in [-0.3, -0.25) is 14.5 Å². The molecule has 7 nitrogen and oxygen atoms in total. The molecule has 2 rings (SSSR count). The van der Waals surface area contributed by atoms with E-state index < -0.39 is 15.9 Å². The van der Waals surface area contributed by atoms with E-state index >= 15 is 0 Å². The fourth-order valence-corrected chi connectivity index (χ4v) is 3.54. The van der Waals surface area contributed by atoms with E-state index in [0.717, 1.165) is 0 Å². The van der Waals surface area contributed by atoms with E-state index in [0.29, 0.717) is 12.4 Å². The molecule has 0 saturated carbocycles. The van der Waals surface area contributed by atoms with E-state index in [1.165, 1.54) is 24.5 Å². The molecule has 1 aromatic heterocycles. The highest BCUT2D eigenvalue weighted by molar-refractivity contribution is 7.92. The first-order valence-corrected chi connectivity index (χ1v) is 10.2. The third-order valence-electron chi connectivity index (χ3n) is 4.11. The molecule has 8 heteroatoms. The Morgan fingerprint density at radius 2 is 1.89 bits per heavy atom. The predicted octanol–water partition coefficient (Wildman–Crippen LogP) is 3.06. The molecular formula is C19H25N3O4S. The smallest absolute Gasteiger partial charge is 0.262 e. The van der Waals surface area contributed by atoms with Crippen LogP contribution in [0.3, 0.4) is 0 Å². The quantitative estimate of drug-likeness (QED) is 0.721. The number of nitrogens with one attached hydrogen (secondary N) is 2. The van der Waals surface area contributed by atoms with Crippen LogP contribution in [0, 0.1) is 5.92 Å². The Morgan fingerprint density at radius 1 is 1.19 bits per heavy atom. The van der Waals surface area contributed by atoms with Gasteiger partial charge in [0.05, 0.1) is 18.4 Å². The molecule has 27 heavy (non-hydrogen) atoms. The van der Waals surface area contributed by atoms with E-state index in [1.54, 1.807) is 25.1 Å². The van der Waals surface area contributed by atoms with Crippen LogP contribution in [0.4, 0.5) is 5.69 Å². The Labute approximate surface area is 160 Å². The maximum absolute atomic E-state index is 12.9. The van der Waals surface area contributed by atoms with Gasteiger partial charge in [0.25, 0.3) is 15.9 Å². The van der Waals surface area contributed by atoms with Crippen molar-refractivity contribution in [3.8, 4) is 5.75 Å². The highest BCUT2D eigenvalue weighted by Gasteiger charge is 2.24. The summed E-state index contributed by atoms with van der Waals surface area (Å²) in [5.74, 6) is 0.153. The number of ether oxygens (including phenoxy) is 1. The highest BCUT2D eigenvalue weighted by atomic mass is 32.2. The second-order valence-electron chi connectivity index (χ2n) is 6.41. The molecule has 0 spiro atoms. The van der Waals surface area contributed by atoms with Gasteiger partial charge in [0, 0.05) is 18.3 Å². The molecule has 1 aromatic carbocycles. The maximum atomic E-state index is 12.9. The largest absolute Gasteiger partial charge is 0.492 e. The van der Waals surface area contributed by atoms with Crippen molar-refractivity contribution >= 4 is 21.6 Å². The van der Waals surface area contributed by atoms with Gasteiger partial charge in [-0.05, 0) is 31.9 Å². The number of anilines is 1. The molecule has 0 saturated heterocycles. The number of carbonyl (C=O) groups is 1. The number of rotatable bonds is 8. The Balaban J connectivity index is 2.36. The molecule has 0 fully saturated rings. The second-order valence-corrected chi connectivity index (χ2v) is 8.06. The minimum Gasteiger partial charge on any atom is -0.492 e. The van der Waals surface area contributed by atoms with Crippen LogP contribution < -0.4 is 14.8 Å². The zero-order valence-electron chi connectivity index (χ0n) is 15.9. The van der Waals surface area contributed by atoms with Crippen molar-refractivity contribution in [2.24, 2.45) is 5.92 Å². The summed E-state index contributed by atoms with van der Waals surface area (Å²) < 4.78 is 33.8. The first-order chi connectivity index (χ1) is 12.8. The second kappa shape index (κ2) is 8.85. The van der Waals surface area contributed by atoms with E-state index in [1.807, 2.05) is 20.8 Å². The van der Waals surface area contributed by atoms with Gasteiger partial charge in [-0.15, -0.1) is 0 Å². The van der Waals surface area contributed by atoms with Gasteiger partial charge in [-0.2, -0.15) is 0 Å². The number of amides is 1. The average molecular weight is 391 g/mol. The number of pyridine rings is 1. The molecule has 1 atom stereocenters. The molecule has 146 valence electrons. The van der Waals surface area contributed by atoms with Crippen molar-refractivity contribution in [1.29, 1.82) is 0 Å². The van der Waals surface area contributed by atoms with Crippen molar-refractivity contribution in [2.45, 2.75) is 38.6 Å². The van der Waals surface area contributed by atoms with Gasteiger partial charge < -0.3 is 10.1 Å². The van der Waals surface area contributed by atoms with Gasteiger partial charge in [-0.1, -0.05) is 26.0 Å². The molecule has 0 aliphatic heterocycles. The van der Waals surface area contributed by atoms with Crippen LogP contribution in [0.15, 0.2) is 47.6 Å². The van der Waals surface area contributed by atoms with Crippen LogP contribution in [-0.4, -0.2) is 32.0 Å². The van der Waals surface area contributed by atoms with E-state index in [-0.39, 0.29) is 28.1 Å². The minimum absolute atomic E-state index is 0.0827. The molecular weight excluding hydrogens is 366 g/mol. The van der Waals surface area contributed by atoms with Gasteiger partial charge in [-0.25, -0.2) is 8.42 Å². The van der Waals surface area contributed by atoms with Gasteiger partial charge in [0.2, 0.25) is 0 Å². The summed E-state index contributed by atoms with van der Waals surface area (Å²) in [4.78, 5) is 16.4. The van der Waals surface area contributed by atoms with Gasteiger partial charge in [0.1, 0.15) is 16.3 Å². The molecule has 1 unspecified atom stereocenters. The molecule has 2 aromatic rings. The molecule has 0 bridgehead atoms. The highest BCUT2D eigenvalue weighted by Crippen LogP contribution is 2.26. The topological polar surface area (TPSA) is 97.4 Å². The monoisotopic (exact) mass is 391 g/mol. The van der Waals surface area contributed by atoms with Crippen LogP contribution in [0.5, 0.6) is 5.75 Å². The number of nitrogens with zero attached hydrogens (tertiary/aromatic N) is 1. The lowest BCUT2D eigenvalue weighted by atomic mass is 10.1. The predicted molar refractivity (Wildman–Crippen MR) is 104 cm³/mol. The molecule has 0 aliphatic carbocycles. The first-order valence-electron chi connectivity index (χ1n) is 8.75. The lowest BCUT2D eigenvalue weighted by Gasteiger charge is -2.19. The number of aromatic nitrogens is 1. The zero-order chi connectivity index (χ0) is 20.0. The normalized spacial score (nSPS) is 12.5. The third-order valence-corrected chi connectivity index (χ3v) is 5.53. The Kier molecular flexibility index (Phi) is 6.79. The zero-order valence-corrected chi connectivity index (χ0v) is 16.7. The van der Waals surface area contributed by atoms with Gasteiger partial charge >= 0.3 is 0 Å². The molecule has 0 aliphatic rings. The van der Waals surface area contributed by atoms with E-state index in [2.05, 4.69) is 15.0 Å². The lowest BCUT2D eigenvalue weighted by Crippen LogP contribution is -2.37.